The average molecular weight is 297 g/mol. The van der Waals surface area contributed by atoms with Crippen molar-refractivity contribution >= 4 is 28.2 Å². The predicted molar refractivity (Wildman–Crippen MR) is 84.2 cm³/mol. The summed E-state index contributed by atoms with van der Waals surface area (Å²) < 4.78 is 0.776. The third-order valence-corrected chi connectivity index (χ3v) is 4.60. The third-order valence-electron chi connectivity index (χ3n) is 2.74. The molecular weight excluding hydrogens is 286 g/mol. The Morgan fingerprint density at radius 2 is 1.60 bits per heavy atom. The van der Waals surface area contributed by atoms with Gasteiger partial charge in [-0.2, -0.15) is 0 Å². The topological polar surface area (TPSA) is 30.0 Å². The maximum Gasteiger partial charge on any atom is 0.226 e. The van der Waals surface area contributed by atoms with Crippen LogP contribution < -0.4 is 0 Å². The molecule has 3 aromatic rings. The molecule has 0 aliphatic rings. The van der Waals surface area contributed by atoms with Gasteiger partial charge >= 0.3 is 0 Å². The molecule has 0 radical (unpaired) electrons. The van der Waals surface area contributed by atoms with Crippen LogP contribution in [0.4, 0.5) is 0 Å². The van der Waals surface area contributed by atoms with Gasteiger partial charge < -0.3 is 0 Å². The summed E-state index contributed by atoms with van der Waals surface area (Å²) in [6.07, 6.45) is 0. The van der Waals surface area contributed by atoms with Gasteiger partial charge in [0.2, 0.25) is 5.12 Å². The van der Waals surface area contributed by atoms with E-state index in [0.29, 0.717) is 5.56 Å². The van der Waals surface area contributed by atoms with Crippen LogP contribution in [0.2, 0.25) is 0 Å². The van der Waals surface area contributed by atoms with E-state index in [2.05, 4.69) is 4.98 Å². The molecule has 4 heteroatoms. The lowest BCUT2D eigenvalue weighted by Gasteiger charge is -1.97. The van der Waals surface area contributed by atoms with Crippen molar-refractivity contribution in [1.82, 2.24) is 4.98 Å². The number of aromatic nitrogens is 1. The summed E-state index contributed by atoms with van der Waals surface area (Å²) in [5, 5.41) is 2.01. The molecule has 98 valence electrons. The highest BCUT2D eigenvalue weighted by Crippen LogP contribution is 2.30. The van der Waals surface area contributed by atoms with Crippen molar-refractivity contribution in [2.75, 3.05) is 0 Å². The number of carbonyl (C=O) groups excluding carboxylic acids is 1. The van der Waals surface area contributed by atoms with Crippen LogP contribution in [0.15, 0.2) is 70.4 Å². The minimum absolute atomic E-state index is 0.0274. The second kappa shape index (κ2) is 6.03. The van der Waals surface area contributed by atoms with Crippen LogP contribution in [0, 0.1) is 0 Å². The van der Waals surface area contributed by atoms with Crippen LogP contribution in [0.3, 0.4) is 0 Å². The van der Waals surface area contributed by atoms with E-state index in [1.807, 2.05) is 66.0 Å². The molecule has 1 heterocycles. The van der Waals surface area contributed by atoms with E-state index in [9.17, 15) is 4.79 Å². The Labute approximate surface area is 125 Å². The second-order valence-corrected chi connectivity index (χ2v) is 6.20. The molecule has 1 aromatic heterocycles. The first kappa shape index (κ1) is 13.1. The van der Waals surface area contributed by atoms with Crippen molar-refractivity contribution in [3.63, 3.8) is 0 Å². The smallest absolute Gasteiger partial charge is 0.226 e. The molecule has 3 rings (SSSR count). The lowest BCUT2D eigenvalue weighted by molar-refractivity contribution is 0.108. The van der Waals surface area contributed by atoms with Crippen LogP contribution in [-0.2, 0) is 0 Å². The largest absolute Gasteiger partial charge is 0.281 e. The molecule has 0 saturated carbocycles. The van der Waals surface area contributed by atoms with Crippen molar-refractivity contribution in [3.8, 4) is 11.3 Å². The Bertz CT molecular complexity index is 708. The van der Waals surface area contributed by atoms with Crippen LogP contribution in [0.5, 0.6) is 0 Å². The van der Waals surface area contributed by atoms with Crippen LogP contribution in [0.25, 0.3) is 11.3 Å². The highest BCUT2D eigenvalue weighted by molar-refractivity contribution is 8.15. The summed E-state index contributed by atoms with van der Waals surface area (Å²) in [5.74, 6) is 0. The van der Waals surface area contributed by atoms with Gasteiger partial charge in [0.25, 0.3) is 0 Å². The molecule has 2 nitrogen and oxygen atoms in total. The Morgan fingerprint density at radius 3 is 2.30 bits per heavy atom. The Kier molecular flexibility index (Phi) is 3.95. The Hall–Kier alpha value is -1.91. The van der Waals surface area contributed by atoms with E-state index < -0.39 is 0 Å². The number of thioether (sulfide) groups is 1. The quantitative estimate of drug-likeness (QED) is 0.654. The SMILES string of the molecule is O=C(Sc1nc(-c2ccccc2)cs1)c1ccccc1. The van der Waals surface area contributed by atoms with Gasteiger partial charge in [-0.15, -0.1) is 11.3 Å². The van der Waals surface area contributed by atoms with Crippen molar-refractivity contribution in [1.29, 1.82) is 0 Å². The van der Waals surface area contributed by atoms with Gasteiger partial charge in [0.15, 0.2) is 4.34 Å². The minimum Gasteiger partial charge on any atom is -0.281 e. The molecule has 0 bridgehead atoms. The van der Waals surface area contributed by atoms with Crippen molar-refractivity contribution in [3.05, 3.63) is 71.6 Å². The summed E-state index contributed by atoms with van der Waals surface area (Å²) in [6, 6.07) is 19.2. The van der Waals surface area contributed by atoms with E-state index in [-0.39, 0.29) is 5.12 Å². The van der Waals surface area contributed by atoms with Gasteiger partial charge in [-0.25, -0.2) is 4.98 Å². The van der Waals surface area contributed by atoms with E-state index >= 15 is 0 Å². The molecule has 0 aliphatic carbocycles. The van der Waals surface area contributed by atoms with Gasteiger partial charge in [-0.3, -0.25) is 4.79 Å². The molecule has 0 aliphatic heterocycles. The maximum atomic E-state index is 12.1. The molecule has 0 N–H and O–H groups in total. The van der Waals surface area contributed by atoms with Gasteiger partial charge in [0, 0.05) is 16.5 Å². The number of carbonyl (C=O) groups is 1. The monoisotopic (exact) mass is 297 g/mol. The number of nitrogens with zero attached hydrogens (tertiary/aromatic N) is 1. The van der Waals surface area contributed by atoms with Crippen LogP contribution in [0.1, 0.15) is 10.4 Å². The van der Waals surface area contributed by atoms with Gasteiger partial charge in [0.1, 0.15) is 0 Å². The summed E-state index contributed by atoms with van der Waals surface area (Å²) in [4.78, 5) is 16.6. The van der Waals surface area contributed by atoms with E-state index in [1.165, 1.54) is 23.1 Å². The molecule has 2 aromatic carbocycles. The Morgan fingerprint density at radius 1 is 0.950 bits per heavy atom. The zero-order valence-electron chi connectivity index (χ0n) is 10.5. The minimum atomic E-state index is 0.0274. The fraction of sp³-hybridized carbons (Fsp3) is 0. The Balaban J connectivity index is 1.77. The zero-order chi connectivity index (χ0) is 13.8. The molecule has 0 unspecified atom stereocenters. The first-order chi connectivity index (χ1) is 9.83. The van der Waals surface area contributed by atoms with E-state index in [1.54, 1.807) is 0 Å². The molecule has 0 fully saturated rings. The average Bonchev–Trinajstić information content (AvgIpc) is 2.97. The summed E-state index contributed by atoms with van der Waals surface area (Å²) in [7, 11) is 0. The first-order valence-electron chi connectivity index (χ1n) is 6.11. The van der Waals surface area contributed by atoms with Gasteiger partial charge in [-0.05, 0) is 11.8 Å². The highest BCUT2D eigenvalue weighted by atomic mass is 32.2. The molecule has 0 spiro atoms. The normalized spacial score (nSPS) is 10.4. The summed E-state index contributed by atoms with van der Waals surface area (Å²) >= 11 is 2.68. The van der Waals surface area contributed by atoms with Crippen LogP contribution in [-0.4, -0.2) is 10.1 Å². The number of hydrogen-bond donors (Lipinski definition) is 0. The van der Waals surface area contributed by atoms with Crippen LogP contribution >= 0.6 is 23.1 Å². The van der Waals surface area contributed by atoms with Gasteiger partial charge in [0.05, 0.1) is 5.69 Å². The van der Waals surface area contributed by atoms with Crippen molar-refractivity contribution in [2.45, 2.75) is 4.34 Å². The second-order valence-electron chi connectivity index (χ2n) is 4.12. The molecule has 0 saturated heterocycles. The fourth-order valence-electron chi connectivity index (χ4n) is 1.76. The predicted octanol–water partition coefficient (Wildman–Crippen LogP) is 4.74. The number of rotatable bonds is 3. The van der Waals surface area contributed by atoms with Gasteiger partial charge in [-0.1, -0.05) is 60.7 Å². The molecule has 20 heavy (non-hydrogen) atoms. The number of benzene rings is 2. The maximum absolute atomic E-state index is 12.1. The number of thiazole rings is 1. The number of hydrogen-bond acceptors (Lipinski definition) is 4. The summed E-state index contributed by atoms with van der Waals surface area (Å²) in [6.45, 7) is 0. The lowest BCUT2D eigenvalue weighted by Crippen LogP contribution is -1.91. The van der Waals surface area contributed by atoms with Crippen molar-refractivity contribution in [2.24, 2.45) is 0 Å². The van der Waals surface area contributed by atoms with E-state index in [0.717, 1.165) is 15.6 Å². The first-order valence-corrected chi connectivity index (χ1v) is 7.81. The fourth-order valence-corrected chi connectivity index (χ4v) is 3.43. The van der Waals surface area contributed by atoms with E-state index in [4.69, 9.17) is 0 Å². The highest BCUT2D eigenvalue weighted by Gasteiger charge is 2.11. The standard InChI is InChI=1S/C16H11NOS2/c18-15(13-9-5-2-6-10-13)20-16-17-14(11-19-16)12-7-3-1-4-8-12/h1-11H. The zero-order valence-corrected chi connectivity index (χ0v) is 12.2. The summed E-state index contributed by atoms with van der Waals surface area (Å²) in [5.41, 5.74) is 2.69. The third kappa shape index (κ3) is 2.98. The molecular formula is C16H11NOS2. The lowest BCUT2D eigenvalue weighted by atomic mass is 10.2. The molecule has 0 amide bonds. The van der Waals surface area contributed by atoms with Crippen molar-refractivity contribution < 1.29 is 4.79 Å². The molecule has 0 atom stereocenters.